The fourth-order valence-electron chi connectivity index (χ4n) is 2.84. The predicted molar refractivity (Wildman–Crippen MR) is 98.6 cm³/mol. The first-order chi connectivity index (χ1) is 12.3. The number of ether oxygens (including phenoxy) is 1. The monoisotopic (exact) mass is 357 g/mol. The molecule has 9 heteroatoms. The Morgan fingerprint density at radius 3 is 2.72 bits per heavy atom. The number of fused-ring (bicyclic) bond motifs is 1. The van der Waals surface area contributed by atoms with Crippen LogP contribution in [0.1, 0.15) is 5.56 Å². The highest BCUT2D eigenvalue weighted by atomic mass is 32.1. The van der Waals surface area contributed by atoms with E-state index in [1.807, 2.05) is 7.05 Å². The molecule has 0 aromatic carbocycles. The molecule has 1 fully saturated rings. The smallest absolute Gasteiger partial charge is 0.219 e. The fourth-order valence-corrected chi connectivity index (χ4v) is 3.86. The van der Waals surface area contributed by atoms with E-state index in [0.717, 1.165) is 46.8 Å². The van der Waals surface area contributed by atoms with Crippen LogP contribution in [-0.2, 0) is 11.3 Å². The van der Waals surface area contributed by atoms with Crippen molar-refractivity contribution in [3.05, 3.63) is 23.3 Å². The lowest BCUT2D eigenvalue weighted by Crippen LogP contribution is -2.36. The third-order valence-corrected chi connectivity index (χ3v) is 5.09. The van der Waals surface area contributed by atoms with Gasteiger partial charge in [-0.05, 0) is 12.4 Å². The summed E-state index contributed by atoms with van der Waals surface area (Å²) in [7, 11) is 1.93. The zero-order valence-corrected chi connectivity index (χ0v) is 14.7. The highest BCUT2D eigenvalue weighted by Gasteiger charge is 2.20. The largest absolute Gasteiger partial charge is 0.378 e. The molecule has 1 aliphatic rings. The van der Waals surface area contributed by atoms with E-state index in [-0.39, 0.29) is 5.95 Å². The number of nitrogens with one attached hydrogen (secondary N) is 1. The Kier molecular flexibility index (Phi) is 4.43. The lowest BCUT2D eigenvalue weighted by molar-refractivity contribution is 0.122. The average Bonchev–Trinajstić information content (AvgIpc) is 3.06. The van der Waals surface area contributed by atoms with Gasteiger partial charge < -0.3 is 20.7 Å². The van der Waals surface area contributed by atoms with Gasteiger partial charge in [-0.25, -0.2) is 19.9 Å². The second-order valence-electron chi connectivity index (χ2n) is 5.77. The van der Waals surface area contributed by atoms with Gasteiger partial charge in [-0.2, -0.15) is 0 Å². The van der Waals surface area contributed by atoms with Crippen molar-refractivity contribution in [1.29, 1.82) is 0 Å². The van der Waals surface area contributed by atoms with Gasteiger partial charge in [-0.15, -0.1) is 11.3 Å². The molecule has 0 saturated carbocycles. The molecule has 8 nitrogen and oxygen atoms in total. The van der Waals surface area contributed by atoms with Crippen molar-refractivity contribution in [1.82, 2.24) is 25.3 Å². The van der Waals surface area contributed by atoms with Crippen LogP contribution in [0.2, 0.25) is 0 Å². The van der Waals surface area contributed by atoms with Gasteiger partial charge >= 0.3 is 0 Å². The van der Waals surface area contributed by atoms with Crippen LogP contribution >= 0.6 is 11.3 Å². The van der Waals surface area contributed by atoms with Crippen molar-refractivity contribution in [3.8, 4) is 11.4 Å². The maximum absolute atomic E-state index is 5.60. The van der Waals surface area contributed by atoms with Gasteiger partial charge in [0.2, 0.25) is 5.95 Å². The lowest BCUT2D eigenvalue weighted by Gasteiger charge is -2.28. The molecule has 0 bridgehead atoms. The number of rotatable bonds is 4. The van der Waals surface area contributed by atoms with Gasteiger partial charge in [0.1, 0.15) is 0 Å². The molecule has 130 valence electrons. The van der Waals surface area contributed by atoms with Gasteiger partial charge in [0.05, 0.1) is 29.0 Å². The molecule has 25 heavy (non-hydrogen) atoms. The number of hydrogen-bond donors (Lipinski definition) is 2. The minimum atomic E-state index is 0.240. The molecule has 3 N–H and O–H groups in total. The maximum atomic E-state index is 5.60. The first-order valence-electron chi connectivity index (χ1n) is 8.09. The molecule has 1 aliphatic heterocycles. The second kappa shape index (κ2) is 6.87. The normalized spacial score (nSPS) is 15.0. The van der Waals surface area contributed by atoms with Crippen LogP contribution in [-0.4, -0.2) is 53.3 Å². The van der Waals surface area contributed by atoms with Gasteiger partial charge in [-0.3, -0.25) is 0 Å². The Labute approximate surface area is 149 Å². The van der Waals surface area contributed by atoms with E-state index in [4.69, 9.17) is 20.4 Å². The molecule has 0 amide bonds. The van der Waals surface area contributed by atoms with Crippen LogP contribution in [0.3, 0.4) is 0 Å². The number of anilines is 2. The summed E-state index contributed by atoms with van der Waals surface area (Å²) in [4.78, 5) is 20.0. The number of hydrogen-bond acceptors (Lipinski definition) is 9. The standard InChI is InChI=1S/C16H19N7OS/c1-18-6-11-9-25-13-12(11)21-14(10-7-19-16(17)20-8-10)22-15(13)23-2-4-24-5-3-23/h7-9,18H,2-6H2,1H3,(H2,17,19,20). The summed E-state index contributed by atoms with van der Waals surface area (Å²) in [6, 6.07) is 0. The molecule has 1 saturated heterocycles. The van der Waals surface area contributed by atoms with Crippen LogP contribution in [0.4, 0.5) is 11.8 Å². The summed E-state index contributed by atoms with van der Waals surface area (Å²) < 4.78 is 6.58. The third-order valence-electron chi connectivity index (χ3n) is 4.08. The summed E-state index contributed by atoms with van der Waals surface area (Å²) in [6.07, 6.45) is 3.33. The van der Waals surface area contributed by atoms with E-state index in [1.165, 1.54) is 0 Å². The first-order valence-corrected chi connectivity index (χ1v) is 8.97. The summed E-state index contributed by atoms with van der Waals surface area (Å²) in [5, 5.41) is 5.34. The van der Waals surface area contributed by atoms with Crippen molar-refractivity contribution >= 4 is 33.3 Å². The molecule has 4 heterocycles. The number of morpholine rings is 1. The molecular weight excluding hydrogens is 338 g/mol. The topological polar surface area (TPSA) is 102 Å². The highest BCUT2D eigenvalue weighted by Crippen LogP contribution is 2.34. The van der Waals surface area contributed by atoms with Crippen LogP contribution in [0.25, 0.3) is 21.6 Å². The predicted octanol–water partition coefficient (Wildman–Crippen LogP) is 1.29. The van der Waals surface area contributed by atoms with E-state index in [2.05, 4.69) is 25.6 Å². The van der Waals surface area contributed by atoms with Crippen molar-refractivity contribution in [2.24, 2.45) is 0 Å². The molecule has 0 aliphatic carbocycles. The second-order valence-corrected chi connectivity index (χ2v) is 6.65. The summed E-state index contributed by atoms with van der Waals surface area (Å²) in [5.74, 6) is 1.81. The molecule has 0 radical (unpaired) electrons. The number of nitrogen functional groups attached to an aromatic ring is 1. The number of aromatic nitrogens is 4. The quantitative estimate of drug-likeness (QED) is 0.720. The first kappa shape index (κ1) is 16.1. The Hall–Kier alpha value is -2.36. The Balaban J connectivity index is 1.87. The minimum absolute atomic E-state index is 0.240. The Bertz CT molecular complexity index is 874. The number of nitrogens with two attached hydrogens (primary N) is 1. The van der Waals surface area contributed by atoms with Crippen LogP contribution < -0.4 is 16.0 Å². The summed E-state index contributed by atoms with van der Waals surface area (Å²) in [6.45, 7) is 3.82. The van der Waals surface area contributed by atoms with Crippen molar-refractivity contribution in [2.75, 3.05) is 44.0 Å². The van der Waals surface area contributed by atoms with Gasteiger partial charge in [0.15, 0.2) is 11.6 Å². The SMILES string of the molecule is CNCc1csc2c(N3CCOCC3)nc(-c3cnc(N)nc3)nc12. The Morgan fingerprint density at radius 1 is 1.24 bits per heavy atom. The fraction of sp³-hybridized carbons (Fsp3) is 0.375. The molecule has 3 aromatic heterocycles. The molecular formula is C16H19N7OS. The molecule has 0 spiro atoms. The third kappa shape index (κ3) is 3.13. The van der Waals surface area contributed by atoms with Gasteiger partial charge in [0.25, 0.3) is 0 Å². The van der Waals surface area contributed by atoms with Gasteiger partial charge in [0, 0.05) is 37.6 Å². The van der Waals surface area contributed by atoms with E-state index in [9.17, 15) is 0 Å². The van der Waals surface area contributed by atoms with Crippen LogP contribution in [0, 0.1) is 0 Å². The highest BCUT2D eigenvalue weighted by molar-refractivity contribution is 7.18. The van der Waals surface area contributed by atoms with Crippen molar-refractivity contribution in [3.63, 3.8) is 0 Å². The van der Waals surface area contributed by atoms with Crippen molar-refractivity contribution in [2.45, 2.75) is 6.54 Å². The average molecular weight is 357 g/mol. The van der Waals surface area contributed by atoms with Crippen LogP contribution in [0.5, 0.6) is 0 Å². The lowest BCUT2D eigenvalue weighted by atomic mass is 10.2. The minimum Gasteiger partial charge on any atom is -0.378 e. The molecule has 4 rings (SSSR count). The number of thiophene rings is 1. The number of nitrogens with zero attached hydrogens (tertiary/aromatic N) is 5. The Morgan fingerprint density at radius 2 is 2.00 bits per heavy atom. The zero-order chi connectivity index (χ0) is 17.2. The van der Waals surface area contributed by atoms with Crippen molar-refractivity contribution < 1.29 is 4.74 Å². The van der Waals surface area contributed by atoms with E-state index in [0.29, 0.717) is 19.0 Å². The molecule has 3 aromatic rings. The van der Waals surface area contributed by atoms with Gasteiger partial charge in [-0.1, -0.05) is 0 Å². The molecule has 0 unspecified atom stereocenters. The van der Waals surface area contributed by atoms with Crippen LogP contribution in [0.15, 0.2) is 17.8 Å². The van der Waals surface area contributed by atoms with E-state index in [1.54, 1.807) is 23.7 Å². The zero-order valence-electron chi connectivity index (χ0n) is 13.9. The summed E-state index contributed by atoms with van der Waals surface area (Å²) in [5.41, 5.74) is 8.49. The summed E-state index contributed by atoms with van der Waals surface area (Å²) >= 11 is 1.68. The maximum Gasteiger partial charge on any atom is 0.219 e. The molecule has 0 atom stereocenters. The van der Waals surface area contributed by atoms with E-state index >= 15 is 0 Å². The van der Waals surface area contributed by atoms with E-state index < -0.39 is 0 Å².